The van der Waals surface area contributed by atoms with Gasteiger partial charge in [0.2, 0.25) is 0 Å². The molecule has 4 aliphatic rings. The Hall–Kier alpha value is -3.73. The maximum absolute atomic E-state index is 16.7. The molecule has 11 heteroatoms. The van der Waals surface area contributed by atoms with Crippen LogP contribution in [0.15, 0.2) is 42.6 Å². The molecule has 0 radical (unpaired) electrons. The average Bonchev–Trinajstić information content (AvgIpc) is 3.69. The van der Waals surface area contributed by atoms with Gasteiger partial charge in [0, 0.05) is 30.2 Å². The van der Waals surface area contributed by atoms with Gasteiger partial charge in [-0.1, -0.05) is 30.3 Å². The number of ether oxygens (including phenoxy) is 2. The topological polar surface area (TPSA) is 63.6 Å². The van der Waals surface area contributed by atoms with Crippen molar-refractivity contribution in [3.05, 3.63) is 48.4 Å². The van der Waals surface area contributed by atoms with Crippen LogP contribution < -0.4 is 14.4 Å². The van der Waals surface area contributed by atoms with Gasteiger partial charge in [-0.25, -0.2) is 4.39 Å². The van der Waals surface area contributed by atoms with E-state index in [0.717, 1.165) is 51.9 Å². The number of pyridine rings is 1. The number of hydrogen-bond acceptors (Lipinski definition) is 7. The summed E-state index contributed by atoms with van der Waals surface area (Å²) in [6.45, 7) is 4.19. The Morgan fingerprint density at radius 1 is 0.955 bits per heavy atom. The summed E-state index contributed by atoms with van der Waals surface area (Å²) in [5.74, 6) is 0.581. The van der Waals surface area contributed by atoms with Crippen LogP contribution in [0.5, 0.6) is 11.8 Å². The number of rotatable bonds is 6. The zero-order valence-electron chi connectivity index (χ0n) is 24.2. The molecule has 8 rings (SSSR count). The minimum absolute atomic E-state index is 0.0392. The molecule has 0 amide bonds. The van der Waals surface area contributed by atoms with Crippen LogP contribution in [-0.2, 0) is 0 Å². The van der Waals surface area contributed by atoms with E-state index in [9.17, 15) is 13.2 Å². The average molecular weight is 608 g/mol. The van der Waals surface area contributed by atoms with Gasteiger partial charge in [0.05, 0.1) is 10.9 Å². The van der Waals surface area contributed by atoms with Crippen LogP contribution in [0.4, 0.5) is 23.4 Å². The van der Waals surface area contributed by atoms with Gasteiger partial charge in [-0.15, -0.1) is 13.2 Å². The van der Waals surface area contributed by atoms with Crippen LogP contribution in [0.1, 0.15) is 44.9 Å². The fourth-order valence-electron chi connectivity index (χ4n) is 8.27. The lowest BCUT2D eigenvalue weighted by Gasteiger charge is -2.34. The van der Waals surface area contributed by atoms with Crippen molar-refractivity contribution in [2.75, 3.05) is 37.7 Å². The normalized spacial score (nSPS) is 23.0. The third kappa shape index (κ3) is 4.80. The molecule has 230 valence electrons. The third-order valence-corrected chi connectivity index (χ3v) is 10.2. The fraction of sp³-hybridized carbons (Fsp3) is 0.485. The van der Waals surface area contributed by atoms with Gasteiger partial charge in [0.25, 0.3) is 0 Å². The summed E-state index contributed by atoms with van der Waals surface area (Å²) < 4.78 is 67.4. The van der Waals surface area contributed by atoms with Crippen LogP contribution in [0.25, 0.3) is 32.9 Å². The smallest absolute Gasteiger partial charge is 0.461 e. The monoisotopic (exact) mass is 607 g/mol. The number of benzene rings is 2. The lowest BCUT2D eigenvalue weighted by atomic mass is 9.95. The van der Waals surface area contributed by atoms with Crippen molar-refractivity contribution in [3.8, 4) is 23.0 Å². The molecule has 4 fully saturated rings. The predicted octanol–water partition coefficient (Wildman–Crippen LogP) is 7.13. The minimum Gasteiger partial charge on any atom is -0.461 e. The summed E-state index contributed by atoms with van der Waals surface area (Å²) in [5.41, 5.74) is 0.0906. The van der Waals surface area contributed by atoms with E-state index in [1.54, 1.807) is 30.5 Å². The highest BCUT2D eigenvalue weighted by Gasteiger charge is 2.45. The first-order valence-corrected chi connectivity index (χ1v) is 15.5. The summed E-state index contributed by atoms with van der Waals surface area (Å²) in [6, 6.07) is 9.36. The molecule has 2 aromatic carbocycles. The number of aromatic nitrogens is 3. The highest BCUT2D eigenvalue weighted by Crippen LogP contribution is 2.43. The van der Waals surface area contributed by atoms with Crippen molar-refractivity contribution in [1.29, 1.82) is 0 Å². The summed E-state index contributed by atoms with van der Waals surface area (Å²) in [7, 11) is 0. The Labute approximate surface area is 252 Å². The first kappa shape index (κ1) is 27.8. The Morgan fingerprint density at radius 3 is 2.41 bits per heavy atom. The SMILES string of the molecule is Fc1c(-c2cccc3cccc(OC(F)(F)F)c23)ncc2c(N3CC4CCC(C4)C3)nc(OCC34CCCN3CCC4)nc12. The van der Waals surface area contributed by atoms with Crippen molar-refractivity contribution in [2.24, 2.45) is 11.8 Å². The molecule has 2 unspecified atom stereocenters. The highest BCUT2D eigenvalue weighted by molar-refractivity contribution is 6.02. The van der Waals surface area contributed by atoms with E-state index < -0.39 is 17.9 Å². The number of anilines is 1. The molecule has 2 atom stereocenters. The molecule has 2 aromatic heterocycles. The molecule has 7 nitrogen and oxygen atoms in total. The van der Waals surface area contributed by atoms with E-state index >= 15 is 4.39 Å². The van der Waals surface area contributed by atoms with Gasteiger partial charge >= 0.3 is 12.4 Å². The molecule has 2 bridgehead atoms. The number of nitrogens with zero attached hydrogens (tertiary/aromatic N) is 5. The molecule has 0 N–H and O–H groups in total. The summed E-state index contributed by atoms with van der Waals surface area (Å²) in [5, 5.41) is 1.06. The third-order valence-electron chi connectivity index (χ3n) is 10.2. The van der Waals surface area contributed by atoms with Crippen molar-refractivity contribution < 1.29 is 27.0 Å². The largest absolute Gasteiger partial charge is 0.573 e. The first-order chi connectivity index (χ1) is 21.3. The predicted molar refractivity (Wildman–Crippen MR) is 158 cm³/mol. The number of halogens is 4. The molecule has 5 heterocycles. The number of fused-ring (bicyclic) bond motifs is 5. The Bertz CT molecular complexity index is 1720. The van der Waals surface area contributed by atoms with E-state index in [4.69, 9.17) is 9.72 Å². The Kier molecular flexibility index (Phi) is 6.59. The van der Waals surface area contributed by atoms with E-state index in [2.05, 4.69) is 24.5 Å². The van der Waals surface area contributed by atoms with E-state index in [1.165, 1.54) is 31.4 Å². The minimum atomic E-state index is -4.91. The second-order valence-corrected chi connectivity index (χ2v) is 12.9. The van der Waals surface area contributed by atoms with Crippen LogP contribution in [0, 0.1) is 17.7 Å². The summed E-state index contributed by atoms with van der Waals surface area (Å²) in [6.07, 6.45) is 4.52. The standard InChI is InChI=1S/C33H33F4N5O2/c34-27-28(23-7-1-5-22-6-2-8-25(26(22)23)44-33(35,36)37)38-16-24-29(27)39-31(43-19-32-11-3-13-42(32)14-4-12-32)40-30(24)41-17-20-9-10-21(15-20)18-41/h1-2,5-8,16,20-21H,3-4,9-15,17-19H2. The van der Waals surface area contributed by atoms with Gasteiger partial charge in [-0.05, 0) is 81.3 Å². The number of piperidine rings is 1. The van der Waals surface area contributed by atoms with Crippen molar-refractivity contribution in [3.63, 3.8) is 0 Å². The van der Waals surface area contributed by atoms with Crippen molar-refractivity contribution in [2.45, 2.75) is 56.8 Å². The lowest BCUT2D eigenvalue weighted by Crippen LogP contribution is -2.43. The van der Waals surface area contributed by atoms with Gasteiger partial charge in [-0.3, -0.25) is 9.88 Å². The van der Waals surface area contributed by atoms with E-state index in [0.29, 0.717) is 35.0 Å². The maximum atomic E-state index is 16.7. The van der Waals surface area contributed by atoms with Crippen LogP contribution in [0.2, 0.25) is 0 Å². The molecule has 1 saturated carbocycles. The van der Waals surface area contributed by atoms with Crippen LogP contribution in [-0.4, -0.2) is 64.5 Å². The fourth-order valence-corrected chi connectivity index (χ4v) is 8.27. The summed E-state index contributed by atoms with van der Waals surface area (Å²) in [4.78, 5) is 18.7. The summed E-state index contributed by atoms with van der Waals surface area (Å²) >= 11 is 0. The molecule has 0 spiro atoms. The lowest BCUT2D eigenvalue weighted by molar-refractivity contribution is -0.274. The Morgan fingerprint density at radius 2 is 1.68 bits per heavy atom. The first-order valence-electron chi connectivity index (χ1n) is 15.5. The molecule has 3 saturated heterocycles. The molecule has 1 aliphatic carbocycles. The molecule has 3 aliphatic heterocycles. The highest BCUT2D eigenvalue weighted by atomic mass is 19.4. The van der Waals surface area contributed by atoms with Gasteiger partial charge < -0.3 is 14.4 Å². The maximum Gasteiger partial charge on any atom is 0.573 e. The Balaban J connectivity index is 1.25. The van der Waals surface area contributed by atoms with E-state index in [1.807, 2.05) is 0 Å². The van der Waals surface area contributed by atoms with Gasteiger partial charge in [0.15, 0.2) is 5.82 Å². The number of alkyl halides is 3. The zero-order chi connectivity index (χ0) is 30.1. The second kappa shape index (κ2) is 10.4. The van der Waals surface area contributed by atoms with Crippen LogP contribution in [0.3, 0.4) is 0 Å². The molecular weight excluding hydrogens is 574 g/mol. The molecule has 4 aromatic rings. The molecule has 44 heavy (non-hydrogen) atoms. The molecular formula is C33H33F4N5O2. The quantitative estimate of drug-likeness (QED) is 0.216. The van der Waals surface area contributed by atoms with Gasteiger partial charge in [0.1, 0.15) is 29.4 Å². The van der Waals surface area contributed by atoms with Crippen molar-refractivity contribution in [1.82, 2.24) is 19.9 Å². The van der Waals surface area contributed by atoms with Crippen LogP contribution >= 0.6 is 0 Å². The zero-order valence-corrected chi connectivity index (χ0v) is 24.2. The van der Waals surface area contributed by atoms with E-state index in [-0.39, 0.29) is 33.7 Å². The number of hydrogen-bond donors (Lipinski definition) is 0. The van der Waals surface area contributed by atoms with Gasteiger partial charge in [-0.2, -0.15) is 9.97 Å². The second-order valence-electron chi connectivity index (χ2n) is 12.9. The van der Waals surface area contributed by atoms with Crippen molar-refractivity contribution >= 4 is 27.5 Å².